The quantitative estimate of drug-likeness (QED) is 0.496. The lowest BCUT2D eigenvalue weighted by Gasteiger charge is -2.09. The highest BCUT2D eigenvalue weighted by atomic mass is 19.1. The van der Waals surface area contributed by atoms with Crippen molar-refractivity contribution in [2.45, 2.75) is 0 Å². The van der Waals surface area contributed by atoms with Gasteiger partial charge in [-0.25, -0.2) is 9.18 Å². The highest BCUT2D eigenvalue weighted by Crippen LogP contribution is 2.17. The minimum atomic E-state index is -0.748. The number of para-hydroxylation sites is 2. The number of anilines is 2. The summed E-state index contributed by atoms with van der Waals surface area (Å²) in [6.45, 7) is 0. The van der Waals surface area contributed by atoms with Crippen molar-refractivity contribution in [3.8, 4) is 6.07 Å². The summed E-state index contributed by atoms with van der Waals surface area (Å²) in [5.41, 5.74) is 0.185. The lowest BCUT2D eigenvalue weighted by Crippen LogP contribution is -2.17. The Balaban J connectivity index is 2.19. The lowest BCUT2D eigenvalue weighted by atomic mass is 10.1. The number of hydrogen-bond acceptors (Lipinski definition) is 5. The molecule has 0 saturated carbocycles. The fourth-order valence-corrected chi connectivity index (χ4v) is 1.95. The normalized spacial score (nSPS) is 10.5. The second-order valence-corrected chi connectivity index (χ2v) is 4.79. The Bertz CT molecular complexity index is 872. The van der Waals surface area contributed by atoms with E-state index in [4.69, 9.17) is 5.26 Å². The molecule has 0 aliphatic heterocycles. The number of benzene rings is 2. The van der Waals surface area contributed by atoms with Crippen molar-refractivity contribution >= 4 is 23.3 Å². The number of nitrogens with one attached hydrogen (secondary N) is 2. The molecule has 0 radical (unpaired) electrons. The van der Waals surface area contributed by atoms with Gasteiger partial charge in [-0.15, -0.1) is 0 Å². The molecule has 0 saturated heterocycles. The molecule has 2 rings (SSSR count). The maximum atomic E-state index is 13.5. The molecule has 2 aromatic carbocycles. The summed E-state index contributed by atoms with van der Waals surface area (Å²) in [4.78, 5) is 23.9. The van der Waals surface area contributed by atoms with Gasteiger partial charge in [0.2, 0.25) is 0 Å². The van der Waals surface area contributed by atoms with Crippen molar-refractivity contribution in [3.63, 3.8) is 0 Å². The molecule has 0 aromatic heterocycles. The fourth-order valence-electron chi connectivity index (χ4n) is 1.95. The van der Waals surface area contributed by atoms with Crippen LogP contribution in [0.5, 0.6) is 0 Å². The van der Waals surface area contributed by atoms with Gasteiger partial charge in [0.1, 0.15) is 17.5 Å². The molecule has 2 aromatic rings. The molecule has 0 unspecified atom stereocenters. The molecule has 126 valence electrons. The minimum absolute atomic E-state index is 0.123. The average molecular weight is 339 g/mol. The highest BCUT2D eigenvalue weighted by molar-refractivity contribution is 6.09. The Labute approximate surface area is 143 Å². The number of carbonyl (C=O) groups excluding carboxylic acids is 2. The number of hydrogen-bond donors (Lipinski definition) is 2. The number of nitrogens with zero attached hydrogens (tertiary/aromatic N) is 1. The third-order valence-electron chi connectivity index (χ3n) is 3.19. The molecule has 0 aliphatic rings. The summed E-state index contributed by atoms with van der Waals surface area (Å²) >= 11 is 0. The molecule has 7 heteroatoms. The summed E-state index contributed by atoms with van der Waals surface area (Å²) in [6.07, 6.45) is 1.09. The number of amides is 1. The third kappa shape index (κ3) is 4.42. The Morgan fingerprint density at radius 2 is 1.76 bits per heavy atom. The Morgan fingerprint density at radius 1 is 1.12 bits per heavy atom. The maximum absolute atomic E-state index is 13.5. The smallest absolute Gasteiger partial charge is 0.339 e. The second-order valence-electron chi connectivity index (χ2n) is 4.79. The van der Waals surface area contributed by atoms with E-state index in [1.54, 1.807) is 24.3 Å². The van der Waals surface area contributed by atoms with Crippen LogP contribution >= 0.6 is 0 Å². The van der Waals surface area contributed by atoms with Gasteiger partial charge >= 0.3 is 5.97 Å². The summed E-state index contributed by atoms with van der Waals surface area (Å²) in [6, 6.07) is 13.8. The largest absolute Gasteiger partial charge is 0.465 e. The monoisotopic (exact) mass is 339 g/mol. The predicted molar refractivity (Wildman–Crippen MR) is 90.1 cm³/mol. The first kappa shape index (κ1) is 17.7. The number of halogens is 1. The molecule has 0 atom stereocenters. The van der Waals surface area contributed by atoms with E-state index in [1.807, 2.05) is 0 Å². The molecule has 25 heavy (non-hydrogen) atoms. The summed E-state index contributed by atoms with van der Waals surface area (Å²) in [5, 5.41) is 14.2. The molecule has 0 heterocycles. The van der Waals surface area contributed by atoms with E-state index in [2.05, 4.69) is 15.4 Å². The zero-order valence-electron chi connectivity index (χ0n) is 13.2. The van der Waals surface area contributed by atoms with E-state index < -0.39 is 17.7 Å². The van der Waals surface area contributed by atoms with Gasteiger partial charge in [-0.1, -0.05) is 24.3 Å². The van der Waals surface area contributed by atoms with Crippen LogP contribution in [0.25, 0.3) is 0 Å². The van der Waals surface area contributed by atoms with E-state index in [1.165, 1.54) is 37.4 Å². The van der Waals surface area contributed by atoms with Crippen LogP contribution in [0.2, 0.25) is 0 Å². The van der Waals surface area contributed by atoms with Gasteiger partial charge in [-0.2, -0.15) is 5.26 Å². The van der Waals surface area contributed by atoms with Crippen molar-refractivity contribution in [1.29, 1.82) is 5.26 Å². The van der Waals surface area contributed by atoms with Crippen LogP contribution in [0.3, 0.4) is 0 Å². The molecule has 0 bridgehead atoms. The second kappa shape index (κ2) is 8.26. The molecule has 0 fully saturated rings. The van der Waals surface area contributed by atoms with Gasteiger partial charge in [-0.05, 0) is 24.3 Å². The number of nitriles is 1. The van der Waals surface area contributed by atoms with Crippen LogP contribution in [0.4, 0.5) is 15.8 Å². The number of methoxy groups -OCH3 is 1. The summed E-state index contributed by atoms with van der Waals surface area (Å²) in [5.74, 6) is -1.89. The first-order valence-electron chi connectivity index (χ1n) is 7.17. The first-order chi connectivity index (χ1) is 12.1. The van der Waals surface area contributed by atoms with E-state index in [0.29, 0.717) is 0 Å². The maximum Gasteiger partial charge on any atom is 0.339 e. The Hall–Kier alpha value is -3.66. The van der Waals surface area contributed by atoms with Crippen LogP contribution in [-0.4, -0.2) is 19.0 Å². The number of rotatable bonds is 5. The Morgan fingerprint density at radius 3 is 2.40 bits per heavy atom. The van der Waals surface area contributed by atoms with Gasteiger partial charge in [0.25, 0.3) is 5.91 Å². The van der Waals surface area contributed by atoms with Crippen molar-refractivity contribution in [3.05, 3.63) is 71.7 Å². The van der Waals surface area contributed by atoms with Gasteiger partial charge < -0.3 is 15.4 Å². The standard InChI is InChI=1S/C18H14FN3O3/c1-25-18(24)13-6-2-4-8-15(13)22-17(23)12(10-20)11-21-16-9-5-3-7-14(16)19/h2-9,11,21H,1H3,(H,22,23)/b12-11-. The highest BCUT2D eigenvalue weighted by Gasteiger charge is 2.15. The fraction of sp³-hybridized carbons (Fsp3) is 0.0556. The van der Waals surface area contributed by atoms with Crippen molar-refractivity contribution in [2.24, 2.45) is 0 Å². The molecular weight excluding hydrogens is 325 g/mol. The molecular formula is C18H14FN3O3. The van der Waals surface area contributed by atoms with Gasteiger partial charge in [-0.3, -0.25) is 4.79 Å². The zero-order chi connectivity index (χ0) is 18.2. The van der Waals surface area contributed by atoms with Crippen LogP contribution in [-0.2, 0) is 9.53 Å². The van der Waals surface area contributed by atoms with E-state index in [0.717, 1.165) is 6.20 Å². The number of ether oxygens (including phenoxy) is 1. The van der Waals surface area contributed by atoms with E-state index in [9.17, 15) is 14.0 Å². The predicted octanol–water partition coefficient (Wildman–Crippen LogP) is 3.07. The Kier molecular flexibility index (Phi) is 5.85. The van der Waals surface area contributed by atoms with Gasteiger partial charge in [0.05, 0.1) is 24.0 Å². The topological polar surface area (TPSA) is 91.2 Å². The van der Waals surface area contributed by atoms with Crippen molar-refractivity contribution < 1.29 is 18.7 Å². The number of esters is 1. The molecule has 0 aliphatic carbocycles. The van der Waals surface area contributed by atoms with E-state index >= 15 is 0 Å². The van der Waals surface area contributed by atoms with Crippen LogP contribution in [0.1, 0.15) is 10.4 Å². The van der Waals surface area contributed by atoms with Gasteiger partial charge in [0.15, 0.2) is 0 Å². The van der Waals surface area contributed by atoms with Crippen molar-refractivity contribution in [1.82, 2.24) is 0 Å². The third-order valence-corrected chi connectivity index (χ3v) is 3.19. The van der Waals surface area contributed by atoms with Gasteiger partial charge in [0, 0.05) is 6.20 Å². The first-order valence-corrected chi connectivity index (χ1v) is 7.17. The molecule has 2 N–H and O–H groups in total. The molecule has 0 spiro atoms. The average Bonchev–Trinajstić information content (AvgIpc) is 2.63. The van der Waals surface area contributed by atoms with Crippen molar-refractivity contribution in [2.75, 3.05) is 17.7 Å². The number of carbonyl (C=O) groups is 2. The van der Waals surface area contributed by atoms with Crippen LogP contribution < -0.4 is 10.6 Å². The molecule has 6 nitrogen and oxygen atoms in total. The SMILES string of the molecule is COC(=O)c1ccccc1NC(=O)/C(C#N)=C\Nc1ccccc1F. The summed E-state index contributed by atoms with van der Waals surface area (Å²) in [7, 11) is 1.22. The summed E-state index contributed by atoms with van der Waals surface area (Å²) < 4.78 is 18.2. The van der Waals surface area contributed by atoms with Crippen LogP contribution in [0, 0.1) is 17.1 Å². The minimum Gasteiger partial charge on any atom is -0.465 e. The zero-order valence-corrected chi connectivity index (χ0v) is 13.2. The molecule has 1 amide bonds. The lowest BCUT2D eigenvalue weighted by molar-refractivity contribution is -0.112. The van der Waals surface area contributed by atoms with Crippen LogP contribution in [0.15, 0.2) is 60.3 Å². The van der Waals surface area contributed by atoms with E-state index in [-0.39, 0.29) is 22.5 Å².